The molecule has 0 saturated heterocycles. The number of anilines is 1. The van der Waals surface area contributed by atoms with Gasteiger partial charge in [-0.25, -0.2) is 4.68 Å². The number of aromatic nitrogens is 2. The maximum absolute atomic E-state index is 12.3. The van der Waals surface area contributed by atoms with E-state index in [0.29, 0.717) is 18.8 Å². The first kappa shape index (κ1) is 17.5. The van der Waals surface area contributed by atoms with Gasteiger partial charge in [-0.3, -0.25) is 4.79 Å². The van der Waals surface area contributed by atoms with Crippen LogP contribution in [0.4, 0.5) is 5.69 Å². The number of nitrogens with zero attached hydrogens (tertiary/aromatic N) is 3. The van der Waals surface area contributed by atoms with Crippen molar-refractivity contribution in [3.05, 3.63) is 57.5 Å². The van der Waals surface area contributed by atoms with Crippen LogP contribution in [0.1, 0.15) is 19.4 Å². The molecule has 6 heteroatoms. The van der Waals surface area contributed by atoms with Gasteiger partial charge < -0.3 is 10.2 Å². The lowest BCUT2D eigenvalue weighted by molar-refractivity contribution is 0.282. The summed E-state index contributed by atoms with van der Waals surface area (Å²) in [5.41, 5.74) is 1.44. The highest BCUT2D eigenvalue weighted by Gasteiger charge is 2.10. The Kier molecular flexibility index (Phi) is 6.62. The van der Waals surface area contributed by atoms with E-state index >= 15 is 0 Å². The van der Waals surface area contributed by atoms with E-state index in [4.69, 9.17) is 11.6 Å². The molecule has 23 heavy (non-hydrogen) atoms. The third-order valence-electron chi connectivity index (χ3n) is 3.83. The summed E-state index contributed by atoms with van der Waals surface area (Å²) in [5.74, 6) is 0. The molecule has 0 radical (unpaired) electrons. The van der Waals surface area contributed by atoms with Crippen molar-refractivity contribution in [2.75, 3.05) is 25.0 Å². The van der Waals surface area contributed by atoms with Crippen LogP contribution >= 0.6 is 11.6 Å². The van der Waals surface area contributed by atoms with Crippen LogP contribution in [0.3, 0.4) is 0 Å². The third-order valence-corrected chi connectivity index (χ3v) is 4.20. The Morgan fingerprint density at radius 2 is 1.91 bits per heavy atom. The van der Waals surface area contributed by atoms with Crippen LogP contribution < -0.4 is 10.9 Å². The zero-order valence-corrected chi connectivity index (χ0v) is 14.4. The number of hydrogen-bond donors (Lipinski definition) is 1. The van der Waals surface area contributed by atoms with Gasteiger partial charge >= 0.3 is 0 Å². The van der Waals surface area contributed by atoms with Crippen molar-refractivity contribution >= 4 is 17.3 Å². The van der Waals surface area contributed by atoms with Crippen LogP contribution in [0.15, 0.2) is 41.3 Å². The average Bonchev–Trinajstić information content (AvgIpc) is 2.59. The average molecular weight is 335 g/mol. The summed E-state index contributed by atoms with van der Waals surface area (Å²) >= 11 is 6.20. The summed E-state index contributed by atoms with van der Waals surface area (Å²) in [6.07, 6.45) is 1.62. The summed E-state index contributed by atoms with van der Waals surface area (Å²) in [6, 6.07) is 9.94. The van der Waals surface area contributed by atoms with Crippen molar-refractivity contribution in [2.45, 2.75) is 26.9 Å². The van der Waals surface area contributed by atoms with Crippen molar-refractivity contribution in [3.63, 3.8) is 0 Å². The van der Waals surface area contributed by atoms with Gasteiger partial charge in [-0.1, -0.05) is 55.8 Å². The largest absolute Gasteiger partial charge is 0.378 e. The maximum Gasteiger partial charge on any atom is 0.287 e. The smallest absolute Gasteiger partial charge is 0.287 e. The molecule has 124 valence electrons. The van der Waals surface area contributed by atoms with Gasteiger partial charge in [-0.2, -0.15) is 5.10 Å². The fraction of sp³-hybridized carbons (Fsp3) is 0.412. The van der Waals surface area contributed by atoms with Crippen molar-refractivity contribution in [3.8, 4) is 0 Å². The lowest BCUT2D eigenvalue weighted by atomic mass is 10.2. The number of rotatable bonds is 8. The van der Waals surface area contributed by atoms with Gasteiger partial charge in [0.1, 0.15) is 5.02 Å². The molecule has 0 amide bonds. The lowest BCUT2D eigenvalue weighted by Gasteiger charge is -2.18. The normalized spacial score (nSPS) is 11.0. The predicted octanol–water partition coefficient (Wildman–Crippen LogP) is 2.85. The van der Waals surface area contributed by atoms with Gasteiger partial charge in [-0.15, -0.1) is 0 Å². The zero-order valence-electron chi connectivity index (χ0n) is 13.6. The highest BCUT2D eigenvalue weighted by Crippen LogP contribution is 2.16. The molecule has 0 aliphatic carbocycles. The highest BCUT2D eigenvalue weighted by molar-refractivity contribution is 6.32. The van der Waals surface area contributed by atoms with Gasteiger partial charge in [-0.05, 0) is 18.7 Å². The molecule has 2 rings (SSSR count). The number of nitrogens with one attached hydrogen (secondary N) is 1. The quantitative estimate of drug-likeness (QED) is 0.806. The molecule has 2 aromatic rings. The van der Waals surface area contributed by atoms with Gasteiger partial charge in [0.05, 0.1) is 18.4 Å². The van der Waals surface area contributed by atoms with Crippen LogP contribution in [-0.2, 0) is 13.1 Å². The van der Waals surface area contributed by atoms with Gasteiger partial charge in [0.2, 0.25) is 0 Å². The van der Waals surface area contributed by atoms with Crippen LogP contribution in [0.5, 0.6) is 0 Å². The molecule has 0 atom stereocenters. The standard InChI is InChI=1S/C17H23ClN4O/c1-3-21(4-2)10-11-22-17(23)16(18)15(13-20-22)19-12-14-8-6-5-7-9-14/h5-9,13,19H,3-4,10-12H2,1-2H3. The first-order chi connectivity index (χ1) is 11.2. The second kappa shape index (κ2) is 8.70. The molecular formula is C17H23ClN4O. The van der Waals surface area contributed by atoms with Crippen LogP contribution in [0, 0.1) is 0 Å². The summed E-state index contributed by atoms with van der Waals surface area (Å²) in [7, 11) is 0. The fourth-order valence-corrected chi connectivity index (χ4v) is 2.53. The highest BCUT2D eigenvalue weighted by atomic mass is 35.5. The monoisotopic (exact) mass is 334 g/mol. The Balaban J connectivity index is 2.03. The zero-order chi connectivity index (χ0) is 16.7. The number of benzene rings is 1. The summed E-state index contributed by atoms with van der Waals surface area (Å²) in [6.45, 7) is 8.04. The van der Waals surface area contributed by atoms with Gasteiger partial charge in [0.15, 0.2) is 0 Å². The van der Waals surface area contributed by atoms with Gasteiger partial charge in [0.25, 0.3) is 5.56 Å². The van der Waals surface area contributed by atoms with Crippen LogP contribution in [0.2, 0.25) is 5.02 Å². The first-order valence-corrected chi connectivity index (χ1v) is 8.29. The fourth-order valence-electron chi connectivity index (χ4n) is 2.32. The topological polar surface area (TPSA) is 50.2 Å². The number of likely N-dealkylation sites (N-methyl/N-ethyl adjacent to an activating group) is 1. The SMILES string of the molecule is CCN(CC)CCn1ncc(NCc2ccccc2)c(Cl)c1=O. The Morgan fingerprint density at radius 3 is 2.57 bits per heavy atom. The second-order valence-electron chi connectivity index (χ2n) is 5.27. The van der Waals surface area contributed by atoms with Crippen molar-refractivity contribution in [2.24, 2.45) is 0 Å². The summed E-state index contributed by atoms with van der Waals surface area (Å²) in [4.78, 5) is 14.5. The Bertz CT molecular complexity index is 668. The van der Waals surface area contributed by atoms with E-state index < -0.39 is 0 Å². The molecule has 1 aromatic heterocycles. The lowest BCUT2D eigenvalue weighted by Crippen LogP contribution is -2.32. The van der Waals surface area contributed by atoms with E-state index in [-0.39, 0.29) is 10.6 Å². The molecule has 0 bridgehead atoms. The van der Waals surface area contributed by atoms with E-state index in [9.17, 15) is 4.79 Å². The molecule has 1 N–H and O–H groups in total. The van der Waals surface area contributed by atoms with E-state index in [1.807, 2.05) is 30.3 Å². The van der Waals surface area contributed by atoms with E-state index in [2.05, 4.69) is 29.2 Å². The first-order valence-electron chi connectivity index (χ1n) is 7.91. The summed E-state index contributed by atoms with van der Waals surface area (Å²) in [5, 5.41) is 7.58. The van der Waals surface area contributed by atoms with Crippen molar-refractivity contribution in [1.82, 2.24) is 14.7 Å². The molecule has 0 aliphatic rings. The maximum atomic E-state index is 12.3. The molecule has 1 heterocycles. The Hall–Kier alpha value is -1.85. The van der Waals surface area contributed by atoms with Crippen molar-refractivity contribution < 1.29 is 0 Å². The number of hydrogen-bond acceptors (Lipinski definition) is 4. The van der Waals surface area contributed by atoms with Crippen molar-refractivity contribution in [1.29, 1.82) is 0 Å². The molecule has 0 spiro atoms. The molecular weight excluding hydrogens is 312 g/mol. The van der Waals surface area contributed by atoms with E-state index in [1.165, 1.54) is 4.68 Å². The Labute approximate surface area is 141 Å². The Morgan fingerprint density at radius 1 is 1.22 bits per heavy atom. The minimum Gasteiger partial charge on any atom is -0.378 e. The number of halogens is 1. The molecule has 0 saturated carbocycles. The van der Waals surface area contributed by atoms with E-state index in [1.54, 1.807) is 6.20 Å². The second-order valence-corrected chi connectivity index (χ2v) is 5.64. The van der Waals surface area contributed by atoms with Gasteiger partial charge in [0, 0.05) is 13.1 Å². The third kappa shape index (κ3) is 4.81. The summed E-state index contributed by atoms with van der Waals surface area (Å²) < 4.78 is 1.42. The predicted molar refractivity (Wildman–Crippen MR) is 95.1 cm³/mol. The molecule has 0 unspecified atom stereocenters. The van der Waals surface area contributed by atoms with Crippen LogP contribution in [0.25, 0.3) is 0 Å². The molecule has 0 aliphatic heterocycles. The van der Waals surface area contributed by atoms with E-state index in [0.717, 1.165) is 25.2 Å². The molecule has 0 fully saturated rings. The molecule has 5 nitrogen and oxygen atoms in total. The molecule has 1 aromatic carbocycles. The van der Waals surface area contributed by atoms with Crippen LogP contribution in [-0.4, -0.2) is 34.3 Å². The minimum atomic E-state index is -0.253. The minimum absolute atomic E-state index is 0.190.